The molecule has 0 bridgehead atoms. The monoisotopic (exact) mass is 294 g/mol. The average Bonchev–Trinajstić information content (AvgIpc) is 2.72. The Morgan fingerprint density at radius 2 is 2.00 bits per heavy atom. The van der Waals surface area contributed by atoms with Crippen molar-refractivity contribution in [1.29, 1.82) is 0 Å². The van der Waals surface area contributed by atoms with E-state index in [1.807, 2.05) is 16.8 Å². The highest BCUT2D eigenvalue weighted by Gasteiger charge is 2.49. The molecule has 0 unspecified atom stereocenters. The molecular formula is C13H17F3O2S. The summed E-state index contributed by atoms with van der Waals surface area (Å²) in [6.07, 6.45) is -6.26. The van der Waals surface area contributed by atoms with E-state index in [1.54, 1.807) is 0 Å². The number of carbonyl (C=O) groups excluding carboxylic acids is 1. The molecule has 0 N–H and O–H groups in total. The van der Waals surface area contributed by atoms with Gasteiger partial charge in [-0.2, -0.15) is 24.5 Å². The van der Waals surface area contributed by atoms with E-state index in [0.717, 1.165) is 5.56 Å². The predicted octanol–water partition coefficient (Wildman–Crippen LogP) is 4.20. The lowest BCUT2D eigenvalue weighted by molar-refractivity contribution is -0.244. The van der Waals surface area contributed by atoms with Gasteiger partial charge in [-0.15, -0.1) is 0 Å². The number of alkyl halides is 3. The maximum absolute atomic E-state index is 12.8. The van der Waals surface area contributed by atoms with E-state index in [2.05, 4.69) is 4.74 Å². The third kappa shape index (κ3) is 5.22. The number of esters is 1. The van der Waals surface area contributed by atoms with Gasteiger partial charge in [0.05, 0.1) is 0 Å². The van der Waals surface area contributed by atoms with Crippen molar-refractivity contribution in [2.24, 2.45) is 5.41 Å². The molecule has 1 aromatic heterocycles. The molecule has 0 spiro atoms. The zero-order valence-electron chi connectivity index (χ0n) is 11.1. The summed E-state index contributed by atoms with van der Waals surface area (Å²) in [5, 5.41) is 3.71. The third-order valence-corrected chi connectivity index (χ3v) is 3.26. The molecule has 0 saturated carbocycles. The zero-order chi connectivity index (χ0) is 14.7. The molecule has 1 rings (SSSR count). The lowest BCUT2D eigenvalue weighted by Crippen LogP contribution is -2.43. The molecule has 19 heavy (non-hydrogen) atoms. The first-order chi connectivity index (χ1) is 8.60. The van der Waals surface area contributed by atoms with Gasteiger partial charge in [-0.3, -0.25) is 4.79 Å². The predicted molar refractivity (Wildman–Crippen MR) is 68.0 cm³/mol. The van der Waals surface area contributed by atoms with Crippen LogP contribution in [0.15, 0.2) is 16.8 Å². The summed E-state index contributed by atoms with van der Waals surface area (Å²) >= 11 is 1.48. The van der Waals surface area contributed by atoms with Gasteiger partial charge in [0.2, 0.25) is 6.10 Å². The first-order valence-corrected chi connectivity index (χ1v) is 6.82. The molecule has 1 heterocycles. The number of halogens is 3. The first kappa shape index (κ1) is 16.0. The van der Waals surface area contributed by atoms with Crippen molar-refractivity contribution >= 4 is 17.3 Å². The normalized spacial score (nSPS) is 14.2. The maximum atomic E-state index is 12.8. The van der Waals surface area contributed by atoms with Gasteiger partial charge in [-0.1, -0.05) is 20.8 Å². The molecule has 0 aliphatic carbocycles. The fourth-order valence-corrected chi connectivity index (χ4v) is 2.31. The minimum atomic E-state index is -4.55. The summed E-state index contributed by atoms with van der Waals surface area (Å²) in [4.78, 5) is 11.5. The van der Waals surface area contributed by atoms with E-state index in [1.165, 1.54) is 32.1 Å². The average molecular weight is 294 g/mol. The van der Waals surface area contributed by atoms with E-state index < -0.39 is 23.7 Å². The second-order valence-corrected chi connectivity index (χ2v) is 6.19. The van der Waals surface area contributed by atoms with Gasteiger partial charge in [0, 0.05) is 11.8 Å². The number of hydrogen-bond acceptors (Lipinski definition) is 3. The van der Waals surface area contributed by atoms with E-state index in [9.17, 15) is 18.0 Å². The number of rotatable bonds is 4. The van der Waals surface area contributed by atoms with Gasteiger partial charge < -0.3 is 4.74 Å². The van der Waals surface area contributed by atoms with Crippen molar-refractivity contribution in [3.05, 3.63) is 22.4 Å². The van der Waals surface area contributed by atoms with E-state index in [4.69, 9.17) is 0 Å². The summed E-state index contributed by atoms with van der Waals surface area (Å²) < 4.78 is 43.1. The van der Waals surface area contributed by atoms with Crippen LogP contribution in [0.4, 0.5) is 13.2 Å². The zero-order valence-corrected chi connectivity index (χ0v) is 11.9. The molecule has 0 aromatic carbocycles. The van der Waals surface area contributed by atoms with Gasteiger partial charge in [0.25, 0.3) is 0 Å². The van der Waals surface area contributed by atoms with Crippen LogP contribution in [0.5, 0.6) is 0 Å². The Hall–Kier alpha value is -1.04. The topological polar surface area (TPSA) is 26.3 Å². The highest BCUT2D eigenvalue weighted by Crippen LogP contribution is 2.36. The molecule has 0 aliphatic heterocycles. The summed E-state index contributed by atoms with van der Waals surface area (Å²) in [5.74, 6) is -0.816. The number of thiophene rings is 1. The Labute approximate surface area is 114 Å². The van der Waals surface area contributed by atoms with Crippen LogP contribution >= 0.6 is 11.3 Å². The van der Waals surface area contributed by atoms with Crippen molar-refractivity contribution in [2.45, 2.75) is 45.9 Å². The summed E-state index contributed by atoms with van der Waals surface area (Å²) in [6, 6.07) is 1.84. The van der Waals surface area contributed by atoms with Crippen molar-refractivity contribution in [2.75, 3.05) is 0 Å². The van der Waals surface area contributed by atoms with Crippen LogP contribution in [0.2, 0.25) is 0 Å². The van der Waals surface area contributed by atoms with E-state index >= 15 is 0 Å². The smallest absolute Gasteiger partial charge is 0.426 e. The standard InChI is InChI=1S/C13H17F3O2S/c1-12(2,3)11(13(14,15)16)18-10(17)5-4-9-6-7-19-8-9/h6-8,11H,4-5H2,1-3H3/t11-/m1/s1. The number of aryl methyl sites for hydroxylation is 1. The molecule has 0 aliphatic rings. The Morgan fingerprint density at radius 1 is 1.37 bits per heavy atom. The van der Waals surface area contributed by atoms with Crippen molar-refractivity contribution in [1.82, 2.24) is 0 Å². The summed E-state index contributed by atoms with van der Waals surface area (Å²) in [7, 11) is 0. The fraction of sp³-hybridized carbons (Fsp3) is 0.615. The van der Waals surface area contributed by atoms with Crippen molar-refractivity contribution in [3.8, 4) is 0 Å². The van der Waals surface area contributed by atoms with Gasteiger partial charge in [0.1, 0.15) is 0 Å². The Morgan fingerprint density at radius 3 is 2.42 bits per heavy atom. The highest BCUT2D eigenvalue weighted by atomic mass is 32.1. The van der Waals surface area contributed by atoms with Crippen LogP contribution in [0.3, 0.4) is 0 Å². The van der Waals surface area contributed by atoms with Gasteiger partial charge in [-0.25, -0.2) is 0 Å². The van der Waals surface area contributed by atoms with E-state index in [0.29, 0.717) is 6.42 Å². The SMILES string of the molecule is CC(C)(C)[C@@H](OC(=O)CCc1ccsc1)C(F)(F)F. The maximum Gasteiger partial charge on any atom is 0.426 e. The molecule has 0 amide bonds. The molecule has 108 valence electrons. The van der Waals surface area contributed by atoms with Gasteiger partial charge in [-0.05, 0) is 28.8 Å². The van der Waals surface area contributed by atoms with Crippen LogP contribution in [-0.4, -0.2) is 18.2 Å². The number of hydrogen-bond donors (Lipinski definition) is 0. The van der Waals surface area contributed by atoms with Gasteiger partial charge >= 0.3 is 12.1 Å². The minimum absolute atomic E-state index is 0.0423. The highest BCUT2D eigenvalue weighted by molar-refractivity contribution is 7.07. The van der Waals surface area contributed by atoms with Crippen LogP contribution in [-0.2, 0) is 16.0 Å². The van der Waals surface area contributed by atoms with E-state index in [-0.39, 0.29) is 6.42 Å². The fourth-order valence-electron chi connectivity index (χ4n) is 1.61. The number of carbonyl (C=O) groups is 1. The summed E-state index contributed by atoms with van der Waals surface area (Å²) in [5.41, 5.74) is -0.239. The molecule has 1 aromatic rings. The Balaban J connectivity index is 2.57. The molecule has 1 atom stereocenters. The van der Waals surface area contributed by atoms with Crippen molar-refractivity contribution in [3.63, 3.8) is 0 Å². The molecule has 0 radical (unpaired) electrons. The largest absolute Gasteiger partial charge is 0.452 e. The molecule has 0 fully saturated rings. The Bertz CT molecular complexity index is 391. The molecular weight excluding hydrogens is 277 g/mol. The van der Waals surface area contributed by atoms with Crippen LogP contribution in [0, 0.1) is 5.41 Å². The van der Waals surface area contributed by atoms with Crippen LogP contribution < -0.4 is 0 Å². The summed E-state index contributed by atoms with van der Waals surface area (Å²) in [6.45, 7) is 4.20. The number of ether oxygens (including phenoxy) is 1. The van der Waals surface area contributed by atoms with Crippen LogP contribution in [0.1, 0.15) is 32.8 Å². The third-order valence-electron chi connectivity index (χ3n) is 2.53. The first-order valence-electron chi connectivity index (χ1n) is 5.88. The van der Waals surface area contributed by atoms with Gasteiger partial charge in [0.15, 0.2) is 0 Å². The minimum Gasteiger partial charge on any atom is -0.452 e. The quantitative estimate of drug-likeness (QED) is 0.778. The lowest BCUT2D eigenvalue weighted by atomic mass is 9.88. The molecule has 2 nitrogen and oxygen atoms in total. The van der Waals surface area contributed by atoms with Crippen LogP contribution in [0.25, 0.3) is 0 Å². The second kappa shape index (κ2) is 5.94. The van der Waals surface area contributed by atoms with Crippen molar-refractivity contribution < 1.29 is 22.7 Å². The lowest BCUT2D eigenvalue weighted by Gasteiger charge is -2.31. The molecule has 0 saturated heterocycles. The Kier molecular flexibility index (Phi) is 5.01. The molecule has 6 heteroatoms. The second-order valence-electron chi connectivity index (χ2n) is 5.41.